The zero-order valence-electron chi connectivity index (χ0n) is 10.5. The van der Waals surface area contributed by atoms with E-state index in [1.165, 1.54) is 5.56 Å². The average Bonchev–Trinajstić information content (AvgIpc) is 2.39. The highest BCUT2D eigenvalue weighted by Crippen LogP contribution is 2.35. The molecule has 0 saturated carbocycles. The third kappa shape index (κ3) is 3.81. The first-order chi connectivity index (χ1) is 9.10. The first-order valence-electron chi connectivity index (χ1n) is 5.87. The Balaban J connectivity index is 2.13. The quantitative estimate of drug-likeness (QED) is 0.833. The van der Waals surface area contributed by atoms with Gasteiger partial charge in [-0.25, -0.2) is 0 Å². The highest BCUT2D eigenvalue weighted by molar-refractivity contribution is 9.11. The van der Waals surface area contributed by atoms with Gasteiger partial charge in [-0.1, -0.05) is 29.8 Å². The van der Waals surface area contributed by atoms with E-state index in [-0.39, 0.29) is 6.61 Å². The van der Waals surface area contributed by atoms with Gasteiger partial charge in [0, 0.05) is 0 Å². The van der Waals surface area contributed by atoms with E-state index >= 15 is 0 Å². The van der Waals surface area contributed by atoms with Crippen LogP contribution < -0.4 is 4.74 Å². The lowest BCUT2D eigenvalue weighted by Crippen LogP contribution is -1.98. The van der Waals surface area contributed by atoms with Gasteiger partial charge in [-0.3, -0.25) is 0 Å². The Morgan fingerprint density at radius 2 is 1.58 bits per heavy atom. The van der Waals surface area contributed by atoms with Gasteiger partial charge in [0.15, 0.2) is 0 Å². The maximum atomic E-state index is 9.13. The molecule has 2 aromatic carbocycles. The van der Waals surface area contributed by atoms with Crippen LogP contribution in [-0.2, 0) is 13.2 Å². The molecule has 0 aliphatic heterocycles. The smallest absolute Gasteiger partial charge is 0.148 e. The van der Waals surface area contributed by atoms with Gasteiger partial charge in [-0.05, 0) is 62.0 Å². The molecule has 0 spiro atoms. The largest absolute Gasteiger partial charge is 0.487 e. The van der Waals surface area contributed by atoms with Crippen molar-refractivity contribution in [1.29, 1.82) is 0 Å². The van der Waals surface area contributed by atoms with Crippen molar-refractivity contribution in [3.63, 3.8) is 0 Å². The molecule has 0 bridgehead atoms. The van der Waals surface area contributed by atoms with Gasteiger partial charge in [0.1, 0.15) is 12.4 Å². The number of aryl methyl sites for hydroxylation is 1. The number of hydrogen-bond acceptors (Lipinski definition) is 2. The second-order valence-corrected chi connectivity index (χ2v) is 6.03. The SMILES string of the molecule is Cc1ccc(COc2c(Br)cc(CO)cc2Br)cc1. The highest BCUT2D eigenvalue weighted by Gasteiger charge is 2.09. The Labute approximate surface area is 129 Å². The summed E-state index contributed by atoms with van der Waals surface area (Å²) in [4.78, 5) is 0. The van der Waals surface area contributed by atoms with Crippen LogP contribution in [0.4, 0.5) is 0 Å². The number of benzene rings is 2. The lowest BCUT2D eigenvalue weighted by Gasteiger charge is -2.12. The fraction of sp³-hybridized carbons (Fsp3) is 0.200. The minimum Gasteiger partial charge on any atom is -0.487 e. The van der Waals surface area contributed by atoms with Gasteiger partial charge in [0.2, 0.25) is 0 Å². The van der Waals surface area contributed by atoms with Gasteiger partial charge in [0.05, 0.1) is 15.6 Å². The molecule has 0 unspecified atom stereocenters. The molecule has 2 aromatic rings. The monoisotopic (exact) mass is 384 g/mol. The molecular formula is C15H14Br2O2. The normalized spacial score (nSPS) is 10.5. The lowest BCUT2D eigenvalue weighted by molar-refractivity contribution is 0.280. The van der Waals surface area contributed by atoms with Gasteiger partial charge < -0.3 is 9.84 Å². The summed E-state index contributed by atoms with van der Waals surface area (Å²) < 4.78 is 7.48. The Hall–Kier alpha value is -0.840. The van der Waals surface area contributed by atoms with Crippen molar-refractivity contribution in [3.05, 3.63) is 62.0 Å². The molecule has 0 atom stereocenters. The van der Waals surface area contributed by atoms with Crippen LogP contribution in [0.1, 0.15) is 16.7 Å². The summed E-state index contributed by atoms with van der Waals surface area (Å²) >= 11 is 6.92. The van der Waals surface area contributed by atoms with Crippen molar-refractivity contribution >= 4 is 31.9 Å². The molecule has 2 rings (SSSR count). The number of hydrogen-bond donors (Lipinski definition) is 1. The fourth-order valence-corrected chi connectivity index (χ4v) is 3.19. The van der Waals surface area contributed by atoms with Gasteiger partial charge in [-0.2, -0.15) is 0 Å². The third-order valence-corrected chi connectivity index (χ3v) is 3.92. The van der Waals surface area contributed by atoms with Crippen LogP contribution in [0, 0.1) is 6.92 Å². The van der Waals surface area contributed by atoms with Crippen LogP contribution in [-0.4, -0.2) is 5.11 Å². The molecule has 0 aliphatic rings. The molecule has 1 N–H and O–H groups in total. The molecule has 4 heteroatoms. The molecule has 0 saturated heterocycles. The van der Waals surface area contributed by atoms with Crippen LogP contribution in [0.25, 0.3) is 0 Å². The molecule has 100 valence electrons. The molecule has 2 nitrogen and oxygen atoms in total. The topological polar surface area (TPSA) is 29.5 Å². The van der Waals surface area contributed by atoms with Crippen LogP contribution in [0.2, 0.25) is 0 Å². The Morgan fingerprint density at radius 3 is 2.11 bits per heavy atom. The van der Waals surface area contributed by atoms with Gasteiger partial charge in [0.25, 0.3) is 0 Å². The predicted molar refractivity (Wildman–Crippen MR) is 83.3 cm³/mol. The van der Waals surface area contributed by atoms with E-state index in [1.807, 2.05) is 12.1 Å². The van der Waals surface area contributed by atoms with Crippen molar-refractivity contribution in [1.82, 2.24) is 0 Å². The maximum Gasteiger partial charge on any atom is 0.148 e. The number of aliphatic hydroxyl groups is 1. The second-order valence-electron chi connectivity index (χ2n) is 4.32. The summed E-state index contributed by atoms with van der Waals surface area (Å²) in [6.07, 6.45) is 0. The van der Waals surface area contributed by atoms with Crippen molar-refractivity contribution in [2.24, 2.45) is 0 Å². The summed E-state index contributed by atoms with van der Waals surface area (Å²) in [5.74, 6) is 0.748. The first-order valence-corrected chi connectivity index (χ1v) is 7.46. The lowest BCUT2D eigenvalue weighted by atomic mass is 10.2. The zero-order chi connectivity index (χ0) is 13.8. The van der Waals surface area contributed by atoms with E-state index in [1.54, 1.807) is 0 Å². The molecule has 19 heavy (non-hydrogen) atoms. The van der Waals surface area contributed by atoms with Crippen molar-refractivity contribution < 1.29 is 9.84 Å². The van der Waals surface area contributed by atoms with E-state index in [9.17, 15) is 0 Å². The van der Waals surface area contributed by atoms with E-state index in [2.05, 4.69) is 63.0 Å². The minimum absolute atomic E-state index is 0.00937. The van der Waals surface area contributed by atoms with Crippen molar-refractivity contribution in [2.75, 3.05) is 0 Å². The molecule has 0 heterocycles. The predicted octanol–water partition coefficient (Wildman–Crippen LogP) is 4.59. The standard InChI is InChI=1S/C15H14Br2O2/c1-10-2-4-11(5-3-10)9-19-15-13(16)6-12(8-18)7-14(15)17/h2-7,18H,8-9H2,1H3. The summed E-state index contributed by atoms with van der Waals surface area (Å²) in [6, 6.07) is 12.0. The highest BCUT2D eigenvalue weighted by atomic mass is 79.9. The van der Waals surface area contributed by atoms with Crippen molar-refractivity contribution in [2.45, 2.75) is 20.1 Å². The average molecular weight is 386 g/mol. The van der Waals surface area contributed by atoms with E-state index < -0.39 is 0 Å². The number of rotatable bonds is 4. The maximum absolute atomic E-state index is 9.13. The summed E-state index contributed by atoms with van der Waals surface area (Å²) in [5.41, 5.74) is 3.19. The first kappa shape index (κ1) is 14.6. The van der Waals surface area contributed by atoms with E-state index in [0.29, 0.717) is 6.61 Å². The second kappa shape index (κ2) is 6.55. The Bertz CT molecular complexity index is 542. The van der Waals surface area contributed by atoms with E-state index in [4.69, 9.17) is 9.84 Å². The summed E-state index contributed by atoms with van der Waals surface area (Å²) in [6.45, 7) is 2.58. The summed E-state index contributed by atoms with van der Waals surface area (Å²) in [7, 11) is 0. The van der Waals surface area contributed by atoms with E-state index in [0.717, 1.165) is 25.8 Å². The number of ether oxygens (including phenoxy) is 1. The Morgan fingerprint density at radius 1 is 1.00 bits per heavy atom. The van der Waals surface area contributed by atoms with Crippen LogP contribution in [0.3, 0.4) is 0 Å². The van der Waals surface area contributed by atoms with Crippen LogP contribution in [0.15, 0.2) is 45.3 Å². The van der Waals surface area contributed by atoms with Crippen LogP contribution >= 0.6 is 31.9 Å². The van der Waals surface area contributed by atoms with Gasteiger partial charge in [-0.15, -0.1) is 0 Å². The molecule has 0 aliphatic carbocycles. The third-order valence-electron chi connectivity index (χ3n) is 2.74. The molecule has 0 radical (unpaired) electrons. The zero-order valence-corrected chi connectivity index (χ0v) is 13.7. The fourth-order valence-electron chi connectivity index (χ4n) is 1.68. The molecule has 0 aromatic heterocycles. The van der Waals surface area contributed by atoms with Crippen LogP contribution in [0.5, 0.6) is 5.75 Å². The van der Waals surface area contributed by atoms with Gasteiger partial charge >= 0.3 is 0 Å². The van der Waals surface area contributed by atoms with Crippen molar-refractivity contribution in [3.8, 4) is 5.75 Å². The minimum atomic E-state index is 0.00937. The molecule has 0 fully saturated rings. The molecule has 0 amide bonds. The summed E-state index contributed by atoms with van der Waals surface area (Å²) in [5, 5.41) is 9.13. The Kier molecular flexibility index (Phi) is 5.02. The number of aliphatic hydroxyl groups excluding tert-OH is 1. The molecular weight excluding hydrogens is 372 g/mol. The number of halogens is 2.